The maximum atomic E-state index is 6.06. The van der Waals surface area contributed by atoms with Gasteiger partial charge in [-0.25, -0.2) is 9.97 Å². The zero-order valence-corrected chi connectivity index (χ0v) is 13.4. The molecule has 1 fully saturated rings. The largest absolute Gasteiger partial charge is 0.383 e. The molecule has 1 aliphatic rings. The number of aromatic nitrogens is 2. The first-order chi connectivity index (χ1) is 10.2. The zero-order valence-electron chi connectivity index (χ0n) is 13.4. The molecule has 5 heteroatoms. The van der Waals surface area contributed by atoms with Gasteiger partial charge in [0, 0.05) is 32.5 Å². The maximum Gasteiger partial charge on any atom is 0.160 e. The molecule has 0 radical (unpaired) electrons. The highest BCUT2D eigenvalue weighted by molar-refractivity contribution is 5.15. The van der Waals surface area contributed by atoms with Crippen LogP contribution in [0, 0.1) is 6.92 Å². The standard InChI is InChI=1S/C16H27N3O2/c1-4-21-16(7-5-6-8-16)15-18-13(2)11-14(19-15)12-17-9-10-20-3/h11,17H,4-10,12H2,1-3H3. The average Bonchev–Trinajstić information content (AvgIpc) is 2.93. The second kappa shape index (κ2) is 7.82. The van der Waals surface area contributed by atoms with Crippen LogP contribution >= 0.6 is 0 Å². The lowest BCUT2D eigenvalue weighted by Gasteiger charge is -2.27. The van der Waals surface area contributed by atoms with Crippen LogP contribution in [0.5, 0.6) is 0 Å². The molecule has 5 nitrogen and oxygen atoms in total. The predicted molar refractivity (Wildman–Crippen MR) is 82.1 cm³/mol. The van der Waals surface area contributed by atoms with Gasteiger partial charge in [0.1, 0.15) is 5.60 Å². The van der Waals surface area contributed by atoms with Gasteiger partial charge in [0.2, 0.25) is 0 Å². The number of nitrogens with zero attached hydrogens (tertiary/aromatic N) is 2. The van der Waals surface area contributed by atoms with Gasteiger partial charge < -0.3 is 14.8 Å². The molecule has 2 rings (SSSR count). The van der Waals surface area contributed by atoms with Crippen LogP contribution < -0.4 is 5.32 Å². The van der Waals surface area contributed by atoms with E-state index in [1.165, 1.54) is 12.8 Å². The first kappa shape index (κ1) is 16.3. The molecule has 0 bridgehead atoms. The molecule has 118 valence electrons. The van der Waals surface area contributed by atoms with Gasteiger partial charge in [-0.3, -0.25) is 0 Å². The van der Waals surface area contributed by atoms with E-state index in [4.69, 9.17) is 14.5 Å². The SMILES string of the molecule is CCOC1(c2nc(C)cc(CNCCOC)n2)CCCC1. The summed E-state index contributed by atoms with van der Waals surface area (Å²) >= 11 is 0. The van der Waals surface area contributed by atoms with Crippen LogP contribution in [0.3, 0.4) is 0 Å². The Balaban J connectivity index is 2.13. The fourth-order valence-corrected chi connectivity index (χ4v) is 2.97. The topological polar surface area (TPSA) is 56.3 Å². The predicted octanol–water partition coefficient (Wildman–Crippen LogP) is 2.33. The summed E-state index contributed by atoms with van der Waals surface area (Å²) in [6.07, 6.45) is 4.44. The Morgan fingerprint density at radius 2 is 2.05 bits per heavy atom. The van der Waals surface area contributed by atoms with E-state index in [2.05, 4.69) is 10.3 Å². The summed E-state index contributed by atoms with van der Waals surface area (Å²) in [6.45, 7) is 7.05. The number of rotatable bonds is 8. The summed E-state index contributed by atoms with van der Waals surface area (Å²) in [5, 5.41) is 3.34. The van der Waals surface area contributed by atoms with E-state index < -0.39 is 0 Å². The average molecular weight is 293 g/mol. The molecule has 21 heavy (non-hydrogen) atoms. The molecule has 0 atom stereocenters. The summed E-state index contributed by atoms with van der Waals surface area (Å²) < 4.78 is 11.1. The first-order valence-corrected chi connectivity index (χ1v) is 7.89. The molecule has 0 amide bonds. The minimum atomic E-state index is -0.262. The van der Waals surface area contributed by atoms with Gasteiger partial charge in [-0.05, 0) is 45.6 Å². The van der Waals surface area contributed by atoms with Gasteiger partial charge in [0.15, 0.2) is 5.82 Å². The van der Waals surface area contributed by atoms with E-state index in [1.54, 1.807) is 7.11 Å². The maximum absolute atomic E-state index is 6.06. The lowest BCUT2D eigenvalue weighted by Crippen LogP contribution is -2.30. The van der Waals surface area contributed by atoms with Crippen molar-refractivity contribution in [1.82, 2.24) is 15.3 Å². The highest BCUT2D eigenvalue weighted by Crippen LogP contribution is 2.40. The molecule has 0 spiro atoms. The Bertz CT molecular complexity index is 445. The van der Waals surface area contributed by atoms with Gasteiger partial charge in [0.05, 0.1) is 12.3 Å². The molecule has 1 aliphatic carbocycles. The van der Waals surface area contributed by atoms with Crippen LogP contribution in [0.2, 0.25) is 0 Å². The molecule has 0 unspecified atom stereocenters. The van der Waals surface area contributed by atoms with Gasteiger partial charge in [0.25, 0.3) is 0 Å². The van der Waals surface area contributed by atoms with Crippen LogP contribution in [0.1, 0.15) is 49.8 Å². The first-order valence-electron chi connectivity index (χ1n) is 7.89. The Morgan fingerprint density at radius 1 is 1.29 bits per heavy atom. The molecule has 0 aromatic carbocycles. The molecular formula is C16H27N3O2. The van der Waals surface area contributed by atoms with Crippen LogP contribution in [0.4, 0.5) is 0 Å². The summed E-state index contributed by atoms with van der Waals surface area (Å²) in [5.74, 6) is 0.866. The molecule has 1 aromatic heterocycles. The van der Waals surface area contributed by atoms with Crippen molar-refractivity contribution in [2.75, 3.05) is 26.9 Å². The fraction of sp³-hybridized carbons (Fsp3) is 0.750. The molecule has 1 heterocycles. The smallest absolute Gasteiger partial charge is 0.160 e. The van der Waals surface area contributed by atoms with Crippen molar-refractivity contribution in [3.8, 4) is 0 Å². The van der Waals surface area contributed by atoms with E-state index >= 15 is 0 Å². The summed E-state index contributed by atoms with van der Waals surface area (Å²) in [7, 11) is 1.71. The van der Waals surface area contributed by atoms with Gasteiger partial charge >= 0.3 is 0 Å². The quantitative estimate of drug-likeness (QED) is 0.746. The second-order valence-corrected chi connectivity index (χ2v) is 5.63. The Labute approximate surface area is 127 Å². The highest BCUT2D eigenvalue weighted by atomic mass is 16.5. The third-order valence-corrected chi connectivity index (χ3v) is 3.94. The molecule has 1 aromatic rings. The highest BCUT2D eigenvalue weighted by Gasteiger charge is 2.39. The minimum Gasteiger partial charge on any atom is -0.383 e. The Hall–Kier alpha value is -1.04. The van der Waals surface area contributed by atoms with Crippen molar-refractivity contribution < 1.29 is 9.47 Å². The number of methoxy groups -OCH3 is 1. The lowest BCUT2D eigenvalue weighted by molar-refractivity contribution is -0.0459. The van der Waals surface area contributed by atoms with Crippen molar-refractivity contribution in [2.45, 2.75) is 51.7 Å². The zero-order chi connectivity index (χ0) is 15.1. The van der Waals surface area contributed by atoms with Crippen molar-refractivity contribution in [3.63, 3.8) is 0 Å². The van der Waals surface area contributed by atoms with E-state index in [9.17, 15) is 0 Å². The van der Waals surface area contributed by atoms with E-state index in [1.807, 2.05) is 19.9 Å². The van der Waals surface area contributed by atoms with Crippen molar-refractivity contribution in [1.29, 1.82) is 0 Å². The lowest BCUT2D eigenvalue weighted by atomic mass is 10.0. The van der Waals surface area contributed by atoms with Crippen LogP contribution in [0.15, 0.2) is 6.07 Å². The summed E-state index contributed by atoms with van der Waals surface area (Å²) in [4.78, 5) is 9.43. The van der Waals surface area contributed by atoms with Crippen molar-refractivity contribution >= 4 is 0 Å². The van der Waals surface area contributed by atoms with Crippen molar-refractivity contribution in [3.05, 3.63) is 23.3 Å². The third kappa shape index (κ3) is 4.22. The normalized spacial score (nSPS) is 17.3. The molecular weight excluding hydrogens is 266 g/mol. The number of aryl methyl sites for hydroxylation is 1. The van der Waals surface area contributed by atoms with E-state index in [0.717, 1.165) is 43.1 Å². The molecule has 0 aliphatic heterocycles. The monoisotopic (exact) mass is 293 g/mol. The fourth-order valence-electron chi connectivity index (χ4n) is 2.97. The van der Waals surface area contributed by atoms with E-state index in [0.29, 0.717) is 13.2 Å². The summed E-state index contributed by atoms with van der Waals surface area (Å²) in [5.41, 5.74) is 1.77. The van der Waals surface area contributed by atoms with Gasteiger partial charge in [-0.15, -0.1) is 0 Å². The Morgan fingerprint density at radius 3 is 2.71 bits per heavy atom. The molecule has 1 N–H and O–H groups in total. The summed E-state index contributed by atoms with van der Waals surface area (Å²) in [6, 6.07) is 2.04. The number of hydrogen-bond donors (Lipinski definition) is 1. The van der Waals surface area contributed by atoms with Crippen LogP contribution in [-0.4, -0.2) is 36.8 Å². The van der Waals surface area contributed by atoms with Gasteiger partial charge in [-0.2, -0.15) is 0 Å². The number of hydrogen-bond acceptors (Lipinski definition) is 5. The van der Waals surface area contributed by atoms with Crippen LogP contribution in [-0.2, 0) is 21.6 Å². The molecule has 1 saturated carbocycles. The Kier molecular flexibility index (Phi) is 6.08. The second-order valence-electron chi connectivity index (χ2n) is 5.63. The number of ether oxygens (including phenoxy) is 2. The number of nitrogens with one attached hydrogen (secondary N) is 1. The molecule has 0 saturated heterocycles. The minimum absolute atomic E-state index is 0.262. The van der Waals surface area contributed by atoms with E-state index in [-0.39, 0.29) is 5.60 Å². The van der Waals surface area contributed by atoms with Crippen molar-refractivity contribution in [2.24, 2.45) is 0 Å². The van der Waals surface area contributed by atoms with Gasteiger partial charge in [-0.1, -0.05) is 0 Å². The third-order valence-electron chi connectivity index (χ3n) is 3.94. The van der Waals surface area contributed by atoms with Crippen LogP contribution in [0.25, 0.3) is 0 Å².